The van der Waals surface area contributed by atoms with Crippen LogP contribution in [-0.4, -0.2) is 52.9 Å². The summed E-state index contributed by atoms with van der Waals surface area (Å²) in [6.45, 7) is 0.953. The quantitative estimate of drug-likeness (QED) is 0.705. The molecule has 2 heterocycles. The Labute approximate surface area is 180 Å². The van der Waals surface area contributed by atoms with Crippen molar-refractivity contribution in [1.29, 1.82) is 5.26 Å². The number of rotatable bonds is 7. The minimum Gasteiger partial charge on any atom is -0.378 e. The smallest absolute Gasteiger partial charge is 0.254 e. The molecule has 0 unspecified atom stereocenters. The Balaban J connectivity index is 1.52. The van der Waals surface area contributed by atoms with Gasteiger partial charge in [-0.25, -0.2) is 4.39 Å². The van der Waals surface area contributed by atoms with E-state index in [-0.39, 0.29) is 17.5 Å². The van der Waals surface area contributed by atoms with E-state index in [1.165, 1.54) is 0 Å². The third-order valence-corrected chi connectivity index (χ3v) is 6.43. The number of halogens is 1. The summed E-state index contributed by atoms with van der Waals surface area (Å²) >= 11 is 0. The van der Waals surface area contributed by atoms with Gasteiger partial charge in [0.25, 0.3) is 5.91 Å². The van der Waals surface area contributed by atoms with Crippen molar-refractivity contribution in [3.8, 4) is 6.07 Å². The van der Waals surface area contributed by atoms with E-state index in [1.54, 1.807) is 35.1 Å². The van der Waals surface area contributed by atoms with E-state index in [4.69, 9.17) is 10.5 Å². The van der Waals surface area contributed by atoms with Gasteiger partial charge in [-0.1, -0.05) is 12.1 Å². The second-order valence-electron chi connectivity index (χ2n) is 8.32. The second kappa shape index (κ2) is 9.04. The molecule has 1 aromatic carbocycles. The highest BCUT2D eigenvalue weighted by Crippen LogP contribution is 2.37. The van der Waals surface area contributed by atoms with Crippen LogP contribution in [0.4, 0.5) is 15.9 Å². The zero-order valence-electron chi connectivity index (χ0n) is 17.5. The van der Waals surface area contributed by atoms with Crippen molar-refractivity contribution in [3.05, 3.63) is 41.6 Å². The van der Waals surface area contributed by atoms with Crippen LogP contribution in [0.15, 0.2) is 30.5 Å². The Kier molecular flexibility index (Phi) is 6.20. The van der Waals surface area contributed by atoms with Crippen molar-refractivity contribution >= 4 is 17.4 Å². The maximum absolute atomic E-state index is 12.7. The summed E-state index contributed by atoms with van der Waals surface area (Å²) in [7, 11) is 2.10. The molecular formula is C22H27FN6O2. The standard InChI is InChI=1S/C22H27FN6O2/c1-28(18-12-31-13-18)17-6-7-20(15(8-17)10-24)29-11-19(21(25)30)22(27-29)26-16-4-2-14(9-23)3-5-16/h2-5,11,15,17-18,20H,6-9,12-13H2,1H3,(H2,25,30)(H,26,27)/t15-,17-,20+/m0/s1. The topological polar surface area (TPSA) is 109 Å². The fourth-order valence-electron chi connectivity index (χ4n) is 4.36. The summed E-state index contributed by atoms with van der Waals surface area (Å²) in [5.74, 6) is -0.483. The number of ether oxygens (including phenoxy) is 1. The van der Waals surface area contributed by atoms with E-state index in [0.717, 1.165) is 32.5 Å². The molecule has 0 radical (unpaired) electrons. The molecule has 1 saturated heterocycles. The van der Waals surface area contributed by atoms with Gasteiger partial charge in [-0.2, -0.15) is 10.4 Å². The highest BCUT2D eigenvalue weighted by Gasteiger charge is 2.37. The van der Waals surface area contributed by atoms with Crippen molar-refractivity contribution in [2.24, 2.45) is 11.7 Å². The van der Waals surface area contributed by atoms with E-state index < -0.39 is 12.6 Å². The van der Waals surface area contributed by atoms with E-state index in [2.05, 4.69) is 28.4 Å². The maximum atomic E-state index is 12.7. The molecule has 31 heavy (non-hydrogen) atoms. The lowest BCUT2D eigenvalue weighted by atomic mass is 9.81. The first kappa shape index (κ1) is 21.3. The number of amides is 1. The molecule has 1 aromatic heterocycles. The number of likely N-dealkylation sites (N-methyl/N-ethyl adjacent to an activating group) is 1. The number of benzene rings is 1. The average molecular weight is 426 g/mol. The predicted octanol–water partition coefficient (Wildman–Crippen LogP) is 2.76. The first-order valence-corrected chi connectivity index (χ1v) is 10.5. The Morgan fingerprint density at radius 3 is 2.68 bits per heavy atom. The summed E-state index contributed by atoms with van der Waals surface area (Å²) in [4.78, 5) is 14.3. The number of nitrogens with two attached hydrogens (primary N) is 1. The molecule has 1 saturated carbocycles. The van der Waals surface area contributed by atoms with Crippen molar-refractivity contribution in [3.63, 3.8) is 0 Å². The van der Waals surface area contributed by atoms with Crippen LogP contribution in [0, 0.1) is 17.2 Å². The molecule has 4 rings (SSSR count). The maximum Gasteiger partial charge on any atom is 0.254 e. The Morgan fingerprint density at radius 2 is 2.10 bits per heavy atom. The number of nitrogens with zero attached hydrogens (tertiary/aromatic N) is 4. The van der Waals surface area contributed by atoms with E-state index in [0.29, 0.717) is 29.2 Å². The minimum atomic E-state index is -0.596. The number of alkyl halides is 1. The molecule has 1 aliphatic heterocycles. The second-order valence-corrected chi connectivity index (χ2v) is 8.32. The van der Waals surface area contributed by atoms with Crippen molar-refractivity contribution in [1.82, 2.24) is 14.7 Å². The zero-order valence-corrected chi connectivity index (χ0v) is 17.5. The largest absolute Gasteiger partial charge is 0.378 e. The number of anilines is 2. The Hall–Kier alpha value is -2.96. The molecule has 1 amide bonds. The lowest BCUT2D eigenvalue weighted by Crippen LogP contribution is -2.53. The number of aromatic nitrogens is 2. The monoisotopic (exact) mass is 426 g/mol. The van der Waals surface area contributed by atoms with E-state index >= 15 is 0 Å². The van der Waals surface area contributed by atoms with Crippen LogP contribution in [0.2, 0.25) is 0 Å². The van der Waals surface area contributed by atoms with Crippen LogP contribution in [0.1, 0.15) is 41.2 Å². The molecule has 1 aliphatic carbocycles. The first-order chi connectivity index (χ1) is 15.0. The summed E-state index contributed by atoms with van der Waals surface area (Å²) in [5.41, 5.74) is 7.08. The van der Waals surface area contributed by atoms with Crippen molar-refractivity contribution < 1.29 is 13.9 Å². The molecule has 2 aromatic rings. The SMILES string of the molecule is CN(C1COC1)[C@H]1CC[C@@H](n2cc(C(N)=O)c(Nc3ccc(CF)cc3)n2)[C@H](C#N)C1. The summed E-state index contributed by atoms with van der Waals surface area (Å²) < 4.78 is 19.7. The molecule has 8 nitrogen and oxygen atoms in total. The lowest BCUT2D eigenvalue weighted by Gasteiger charge is -2.43. The van der Waals surface area contributed by atoms with Crippen LogP contribution in [0.5, 0.6) is 0 Å². The number of primary amides is 1. The van der Waals surface area contributed by atoms with Crippen LogP contribution in [0.25, 0.3) is 0 Å². The predicted molar refractivity (Wildman–Crippen MR) is 113 cm³/mol. The normalized spacial score (nSPS) is 23.9. The van der Waals surface area contributed by atoms with Gasteiger partial charge in [-0.15, -0.1) is 0 Å². The molecule has 2 aliphatic rings. The summed E-state index contributed by atoms with van der Waals surface area (Å²) in [5, 5.41) is 17.5. The number of hydrogen-bond donors (Lipinski definition) is 2. The van der Waals surface area contributed by atoms with Crippen LogP contribution in [-0.2, 0) is 11.4 Å². The molecule has 3 N–H and O–H groups in total. The van der Waals surface area contributed by atoms with Gasteiger partial charge in [0.15, 0.2) is 5.82 Å². The Morgan fingerprint density at radius 1 is 1.35 bits per heavy atom. The molecule has 0 bridgehead atoms. The highest BCUT2D eigenvalue weighted by atomic mass is 19.1. The number of carbonyl (C=O) groups is 1. The number of hydrogen-bond acceptors (Lipinski definition) is 6. The van der Waals surface area contributed by atoms with Crippen molar-refractivity contribution in [2.75, 3.05) is 25.6 Å². The molecule has 3 atom stereocenters. The van der Waals surface area contributed by atoms with Gasteiger partial charge in [-0.05, 0) is 44.0 Å². The number of nitrogens with one attached hydrogen (secondary N) is 1. The number of nitriles is 1. The molecule has 0 spiro atoms. The van der Waals surface area contributed by atoms with Gasteiger partial charge in [0, 0.05) is 17.9 Å². The van der Waals surface area contributed by atoms with E-state index in [1.807, 2.05) is 0 Å². The van der Waals surface area contributed by atoms with E-state index in [9.17, 15) is 14.4 Å². The van der Waals surface area contributed by atoms with Gasteiger partial charge >= 0.3 is 0 Å². The Bertz CT molecular complexity index is 965. The van der Waals surface area contributed by atoms with Gasteiger partial charge in [0.1, 0.15) is 12.2 Å². The number of carbonyl (C=O) groups excluding carboxylic acids is 1. The van der Waals surface area contributed by atoms with Gasteiger partial charge < -0.3 is 15.8 Å². The molecular weight excluding hydrogens is 399 g/mol. The zero-order chi connectivity index (χ0) is 22.0. The van der Waals surface area contributed by atoms with Gasteiger partial charge in [0.2, 0.25) is 0 Å². The highest BCUT2D eigenvalue weighted by molar-refractivity contribution is 5.98. The summed E-state index contributed by atoms with van der Waals surface area (Å²) in [6.07, 6.45) is 4.09. The van der Waals surface area contributed by atoms with Gasteiger partial charge in [-0.3, -0.25) is 14.4 Å². The summed E-state index contributed by atoms with van der Waals surface area (Å²) in [6, 6.07) is 9.84. The first-order valence-electron chi connectivity index (χ1n) is 10.5. The van der Waals surface area contributed by atoms with Gasteiger partial charge in [0.05, 0.1) is 37.3 Å². The molecule has 2 fully saturated rings. The molecule has 164 valence electrons. The van der Waals surface area contributed by atoms with Crippen molar-refractivity contribution in [2.45, 2.75) is 44.1 Å². The fraction of sp³-hybridized carbons (Fsp3) is 0.500. The van der Waals surface area contributed by atoms with Crippen LogP contribution >= 0.6 is 0 Å². The lowest BCUT2D eigenvalue weighted by molar-refractivity contribution is -0.0767. The van der Waals surface area contributed by atoms with Crippen LogP contribution in [0.3, 0.4) is 0 Å². The van der Waals surface area contributed by atoms with Crippen LogP contribution < -0.4 is 11.1 Å². The third-order valence-electron chi connectivity index (χ3n) is 6.43. The molecule has 9 heteroatoms. The third kappa shape index (κ3) is 4.40. The minimum absolute atomic E-state index is 0.130. The average Bonchev–Trinajstić information content (AvgIpc) is 3.16. The fourth-order valence-corrected chi connectivity index (χ4v) is 4.36.